The van der Waals surface area contributed by atoms with Gasteiger partial charge in [-0.05, 0) is 88.7 Å². The first-order chi connectivity index (χ1) is 20.3. The third-order valence-electron chi connectivity index (χ3n) is 8.85. The van der Waals surface area contributed by atoms with Crippen LogP contribution in [0.3, 0.4) is 0 Å². The standard InChI is InChI=1S/C36H21N5/c1-2-7-22(8-3-1)40-31-11-5-4-9-25(31)34-28-17-21-18-29-27(19-26(21)23(28)12-13-32(34)40)24-14-16-37-20-33(24)41-35(29)39-30-10-6-15-38-36(30)41/h1-16,18-20H,17H2. The summed E-state index contributed by atoms with van der Waals surface area (Å²) in [5.74, 6) is 0. The van der Waals surface area contributed by atoms with Crippen LogP contribution < -0.4 is 0 Å². The normalized spacial score (nSPS) is 12.8. The number of pyridine rings is 3. The summed E-state index contributed by atoms with van der Waals surface area (Å²) in [6.07, 6.45) is 6.53. The molecule has 1 aliphatic rings. The Kier molecular flexibility index (Phi) is 3.92. The highest BCUT2D eigenvalue weighted by Crippen LogP contribution is 2.46. The van der Waals surface area contributed by atoms with Crippen LogP contribution in [0.15, 0.2) is 116 Å². The molecule has 1 aliphatic carbocycles. The van der Waals surface area contributed by atoms with Crippen molar-refractivity contribution < 1.29 is 0 Å². The van der Waals surface area contributed by atoms with Crippen LogP contribution in [-0.4, -0.2) is 23.9 Å². The fourth-order valence-electron chi connectivity index (χ4n) is 7.18. The molecule has 41 heavy (non-hydrogen) atoms. The highest BCUT2D eigenvalue weighted by molar-refractivity contribution is 6.17. The van der Waals surface area contributed by atoms with Gasteiger partial charge in [0.05, 0.1) is 22.7 Å². The van der Waals surface area contributed by atoms with Crippen molar-refractivity contribution in [3.05, 3.63) is 127 Å². The molecule has 5 heteroatoms. The molecule has 0 spiro atoms. The van der Waals surface area contributed by atoms with Crippen LogP contribution in [0.2, 0.25) is 0 Å². The quantitative estimate of drug-likeness (QED) is 0.204. The lowest BCUT2D eigenvalue weighted by atomic mass is 9.98. The second-order valence-corrected chi connectivity index (χ2v) is 10.9. The highest BCUT2D eigenvalue weighted by atomic mass is 15.1. The van der Waals surface area contributed by atoms with Crippen molar-refractivity contribution in [1.82, 2.24) is 23.9 Å². The van der Waals surface area contributed by atoms with Gasteiger partial charge >= 0.3 is 0 Å². The predicted octanol–water partition coefficient (Wildman–Crippen LogP) is 8.25. The molecule has 0 aliphatic heterocycles. The summed E-state index contributed by atoms with van der Waals surface area (Å²) < 4.78 is 4.57. The predicted molar refractivity (Wildman–Crippen MR) is 166 cm³/mol. The van der Waals surface area contributed by atoms with Crippen molar-refractivity contribution >= 4 is 60.3 Å². The van der Waals surface area contributed by atoms with E-state index in [0.717, 1.165) is 39.5 Å². The summed E-state index contributed by atoms with van der Waals surface area (Å²) in [6.45, 7) is 0. The second-order valence-electron chi connectivity index (χ2n) is 10.9. The second kappa shape index (κ2) is 7.55. The lowest BCUT2D eigenvalue weighted by molar-refractivity contribution is 1.18. The van der Waals surface area contributed by atoms with Gasteiger partial charge in [0.15, 0.2) is 5.65 Å². The molecular weight excluding hydrogens is 502 g/mol. The van der Waals surface area contributed by atoms with Gasteiger partial charge in [0.2, 0.25) is 0 Å². The third kappa shape index (κ3) is 2.68. The van der Waals surface area contributed by atoms with E-state index in [-0.39, 0.29) is 0 Å². The zero-order valence-electron chi connectivity index (χ0n) is 21.9. The Bertz CT molecular complexity index is 2550. The number of para-hydroxylation sites is 2. The van der Waals surface area contributed by atoms with Gasteiger partial charge in [0, 0.05) is 39.6 Å². The van der Waals surface area contributed by atoms with Gasteiger partial charge < -0.3 is 4.57 Å². The maximum atomic E-state index is 5.07. The Morgan fingerprint density at radius 2 is 1.51 bits per heavy atom. The third-order valence-corrected chi connectivity index (χ3v) is 8.85. The number of aromatic nitrogens is 5. The van der Waals surface area contributed by atoms with E-state index in [1.165, 1.54) is 55.1 Å². The lowest BCUT2D eigenvalue weighted by Gasteiger charge is -2.11. The molecule has 5 nitrogen and oxygen atoms in total. The van der Waals surface area contributed by atoms with Crippen LogP contribution in [0, 0.1) is 0 Å². The topological polar surface area (TPSA) is 48.0 Å². The van der Waals surface area contributed by atoms with Crippen molar-refractivity contribution in [2.75, 3.05) is 0 Å². The van der Waals surface area contributed by atoms with E-state index in [1.807, 2.05) is 30.7 Å². The molecule has 0 atom stereocenters. The van der Waals surface area contributed by atoms with Crippen molar-refractivity contribution in [2.24, 2.45) is 0 Å². The maximum Gasteiger partial charge on any atom is 0.165 e. The Balaban J connectivity index is 1.31. The van der Waals surface area contributed by atoms with E-state index < -0.39 is 0 Å². The molecule has 0 N–H and O–H groups in total. The molecule has 4 aromatic carbocycles. The molecule has 0 saturated heterocycles. The van der Waals surface area contributed by atoms with E-state index in [2.05, 4.69) is 98.9 Å². The smallest absolute Gasteiger partial charge is 0.165 e. The number of hydrogen-bond acceptors (Lipinski definition) is 3. The molecule has 0 saturated carbocycles. The highest BCUT2D eigenvalue weighted by Gasteiger charge is 2.26. The maximum absolute atomic E-state index is 5.07. The van der Waals surface area contributed by atoms with Crippen LogP contribution >= 0.6 is 0 Å². The molecular formula is C36H21N5. The molecule has 190 valence electrons. The molecule has 0 bridgehead atoms. The minimum Gasteiger partial charge on any atom is -0.309 e. The number of benzene rings is 4. The van der Waals surface area contributed by atoms with E-state index in [0.29, 0.717) is 0 Å². The Morgan fingerprint density at radius 3 is 2.46 bits per heavy atom. The van der Waals surface area contributed by atoms with E-state index in [1.54, 1.807) is 0 Å². The Morgan fingerprint density at radius 1 is 0.610 bits per heavy atom. The first-order valence-corrected chi connectivity index (χ1v) is 13.9. The van der Waals surface area contributed by atoms with E-state index >= 15 is 0 Å². The fourth-order valence-corrected chi connectivity index (χ4v) is 7.18. The van der Waals surface area contributed by atoms with Gasteiger partial charge in [-0.1, -0.05) is 42.5 Å². The van der Waals surface area contributed by atoms with E-state index in [4.69, 9.17) is 9.97 Å². The summed E-state index contributed by atoms with van der Waals surface area (Å²) in [5.41, 5.74) is 12.7. The largest absolute Gasteiger partial charge is 0.309 e. The summed E-state index contributed by atoms with van der Waals surface area (Å²) >= 11 is 0. The molecule has 9 aromatic rings. The Hall–Kier alpha value is -5.55. The van der Waals surface area contributed by atoms with Crippen LogP contribution in [0.25, 0.3) is 77.1 Å². The molecule has 5 heterocycles. The van der Waals surface area contributed by atoms with Crippen molar-refractivity contribution in [2.45, 2.75) is 6.42 Å². The van der Waals surface area contributed by atoms with Crippen LogP contribution in [0.4, 0.5) is 0 Å². The van der Waals surface area contributed by atoms with E-state index in [9.17, 15) is 0 Å². The number of nitrogens with zero attached hydrogens (tertiary/aromatic N) is 5. The van der Waals surface area contributed by atoms with Crippen LogP contribution in [0.1, 0.15) is 11.1 Å². The molecule has 5 aromatic heterocycles. The van der Waals surface area contributed by atoms with Crippen LogP contribution in [-0.2, 0) is 6.42 Å². The average molecular weight is 524 g/mol. The molecule has 10 rings (SSSR count). The van der Waals surface area contributed by atoms with Crippen molar-refractivity contribution in [3.8, 4) is 16.8 Å². The van der Waals surface area contributed by atoms with Gasteiger partial charge in [-0.15, -0.1) is 0 Å². The van der Waals surface area contributed by atoms with Gasteiger partial charge in [-0.3, -0.25) is 9.38 Å². The summed E-state index contributed by atoms with van der Waals surface area (Å²) in [4.78, 5) is 14.2. The first-order valence-electron chi connectivity index (χ1n) is 13.9. The Labute approximate surface area is 234 Å². The molecule has 0 radical (unpaired) electrons. The monoisotopic (exact) mass is 523 g/mol. The SMILES string of the molecule is c1ccc(-n2c3ccccc3c3c4c(ccc32)-c2cc3c5ccncc5n5c6ncccc6nc5c3cc2C4)cc1. The van der Waals surface area contributed by atoms with Crippen molar-refractivity contribution in [1.29, 1.82) is 0 Å². The average Bonchev–Trinajstić information content (AvgIpc) is 3.70. The number of fused-ring (bicyclic) bond motifs is 15. The fraction of sp³-hybridized carbons (Fsp3) is 0.0278. The zero-order valence-corrected chi connectivity index (χ0v) is 21.9. The number of imidazole rings is 1. The number of hydrogen-bond donors (Lipinski definition) is 0. The summed E-state index contributed by atoms with van der Waals surface area (Å²) in [5, 5.41) is 6.15. The van der Waals surface area contributed by atoms with Gasteiger partial charge in [0.1, 0.15) is 11.2 Å². The summed E-state index contributed by atoms with van der Waals surface area (Å²) in [7, 11) is 0. The minimum absolute atomic E-state index is 0.863. The van der Waals surface area contributed by atoms with Crippen molar-refractivity contribution in [3.63, 3.8) is 0 Å². The summed E-state index contributed by atoms with van der Waals surface area (Å²) in [6, 6.07) is 34.9. The minimum atomic E-state index is 0.863. The molecule has 0 fully saturated rings. The number of rotatable bonds is 1. The van der Waals surface area contributed by atoms with Gasteiger partial charge in [0.25, 0.3) is 0 Å². The van der Waals surface area contributed by atoms with Gasteiger partial charge in [-0.25, -0.2) is 9.97 Å². The first kappa shape index (κ1) is 21.3. The lowest BCUT2D eigenvalue weighted by Crippen LogP contribution is -1.94. The zero-order chi connectivity index (χ0) is 26.7. The van der Waals surface area contributed by atoms with Crippen LogP contribution in [0.5, 0.6) is 0 Å². The molecule has 0 amide bonds. The van der Waals surface area contributed by atoms with Gasteiger partial charge in [-0.2, -0.15) is 0 Å². The molecule has 0 unspecified atom stereocenters.